The summed E-state index contributed by atoms with van der Waals surface area (Å²) in [6, 6.07) is 16.7. The van der Waals surface area contributed by atoms with Gasteiger partial charge in [-0.2, -0.15) is 0 Å². The fourth-order valence-corrected chi connectivity index (χ4v) is 4.34. The fraction of sp³-hybridized carbons (Fsp3) is 0.0400. The molecule has 0 unspecified atom stereocenters. The molecule has 0 N–H and O–H groups in total. The van der Waals surface area contributed by atoms with Crippen molar-refractivity contribution in [2.75, 3.05) is 0 Å². The van der Waals surface area contributed by atoms with E-state index in [1.54, 1.807) is 23.5 Å². The molecule has 2 aromatic heterocycles. The first-order chi connectivity index (χ1) is 13.6. The number of hydrogen-bond acceptors (Lipinski definition) is 3. The van der Waals surface area contributed by atoms with Gasteiger partial charge in [-0.15, -0.1) is 11.3 Å². The molecule has 0 radical (unpaired) electrons. The van der Waals surface area contributed by atoms with Crippen molar-refractivity contribution in [2.24, 2.45) is 0 Å². The van der Waals surface area contributed by atoms with Crippen LogP contribution in [0.2, 0.25) is 0 Å². The second-order valence-electron chi connectivity index (χ2n) is 6.59. The third-order valence-electron chi connectivity index (χ3n) is 4.65. The molecular formula is C25H20N2S. The fourth-order valence-electron chi connectivity index (χ4n) is 3.19. The molecule has 0 saturated heterocycles. The van der Waals surface area contributed by atoms with Crippen molar-refractivity contribution in [3.05, 3.63) is 97.9 Å². The highest BCUT2D eigenvalue weighted by Gasteiger charge is 2.16. The maximum absolute atomic E-state index is 4.92. The smallest absolute Gasteiger partial charge is 0.160 e. The van der Waals surface area contributed by atoms with Crippen molar-refractivity contribution < 1.29 is 0 Å². The van der Waals surface area contributed by atoms with Gasteiger partial charge in [0.2, 0.25) is 0 Å². The van der Waals surface area contributed by atoms with E-state index in [1.807, 2.05) is 19.1 Å². The van der Waals surface area contributed by atoms with Gasteiger partial charge in [-0.3, -0.25) is 0 Å². The Balaban J connectivity index is 2.05. The van der Waals surface area contributed by atoms with Gasteiger partial charge in [0.1, 0.15) is 0 Å². The molecule has 0 spiro atoms. The van der Waals surface area contributed by atoms with Crippen LogP contribution in [0.25, 0.3) is 42.7 Å². The van der Waals surface area contributed by atoms with Gasteiger partial charge >= 0.3 is 0 Å². The molecule has 4 rings (SSSR count). The largest absolute Gasteiger partial charge is 0.226 e. The van der Waals surface area contributed by atoms with Crippen LogP contribution in [0.5, 0.6) is 0 Å². The van der Waals surface area contributed by atoms with Crippen LogP contribution in [0.3, 0.4) is 0 Å². The van der Waals surface area contributed by atoms with Crippen molar-refractivity contribution in [3.63, 3.8) is 0 Å². The van der Waals surface area contributed by atoms with Crippen molar-refractivity contribution in [2.45, 2.75) is 6.92 Å². The van der Waals surface area contributed by atoms with Gasteiger partial charge in [0.05, 0.1) is 15.9 Å². The third kappa shape index (κ3) is 3.10. The van der Waals surface area contributed by atoms with Crippen molar-refractivity contribution in [1.82, 2.24) is 9.97 Å². The van der Waals surface area contributed by atoms with E-state index in [0.29, 0.717) is 5.82 Å². The van der Waals surface area contributed by atoms with Crippen molar-refractivity contribution in [3.8, 4) is 11.3 Å². The molecule has 28 heavy (non-hydrogen) atoms. The van der Waals surface area contributed by atoms with Crippen molar-refractivity contribution in [1.29, 1.82) is 0 Å². The van der Waals surface area contributed by atoms with Crippen LogP contribution in [-0.4, -0.2) is 9.97 Å². The number of nitrogens with zero attached hydrogens (tertiary/aromatic N) is 2. The molecule has 2 nitrogen and oxygen atoms in total. The van der Waals surface area contributed by atoms with E-state index in [1.165, 1.54) is 4.70 Å². The number of aromatic nitrogens is 2. The van der Waals surface area contributed by atoms with Gasteiger partial charge in [0.15, 0.2) is 5.82 Å². The lowest BCUT2D eigenvalue weighted by Gasteiger charge is -2.08. The molecular weight excluding hydrogens is 360 g/mol. The summed E-state index contributed by atoms with van der Waals surface area (Å²) in [5.41, 5.74) is 6.00. The number of allylic oxidation sites excluding steroid dienone is 5. The molecule has 2 heterocycles. The summed E-state index contributed by atoms with van der Waals surface area (Å²) < 4.78 is 2.30. The SMILES string of the molecule is C=C/C=C(\C=C)c1nc(-c2ccc(C(=C)C)cc2)c2sc3ccccc3c2n1. The lowest BCUT2D eigenvalue weighted by atomic mass is 10.0. The lowest BCUT2D eigenvalue weighted by Crippen LogP contribution is -1.96. The Labute approximate surface area is 168 Å². The normalized spacial score (nSPS) is 11.7. The highest BCUT2D eigenvalue weighted by Crippen LogP contribution is 2.38. The molecule has 3 heteroatoms. The molecule has 0 amide bonds. The Hall–Kier alpha value is -3.30. The molecule has 0 atom stereocenters. The molecule has 0 fully saturated rings. The Morgan fingerprint density at radius 2 is 1.75 bits per heavy atom. The minimum atomic E-state index is 0.657. The van der Waals surface area contributed by atoms with Crippen LogP contribution < -0.4 is 0 Å². The summed E-state index contributed by atoms with van der Waals surface area (Å²) in [4.78, 5) is 9.80. The first-order valence-corrected chi connectivity index (χ1v) is 9.85. The van der Waals surface area contributed by atoms with E-state index in [9.17, 15) is 0 Å². The first kappa shape index (κ1) is 18.1. The van der Waals surface area contributed by atoms with Crippen molar-refractivity contribution >= 4 is 42.8 Å². The van der Waals surface area contributed by atoms with E-state index >= 15 is 0 Å². The second kappa shape index (κ2) is 7.37. The number of thiophene rings is 1. The monoisotopic (exact) mass is 380 g/mol. The summed E-state index contributed by atoms with van der Waals surface area (Å²) in [6.45, 7) is 13.7. The molecule has 4 aromatic rings. The summed E-state index contributed by atoms with van der Waals surface area (Å²) >= 11 is 1.73. The maximum Gasteiger partial charge on any atom is 0.160 e. The Morgan fingerprint density at radius 1 is 1.00 bits per heavy atom. The van der Waals surface area contributed by atoms with Gasteiger partial charge in [-0.1, -0.05) is 86.0 Å². The van der Waals surface area contributed by atoms with Crippen LogP contribution in [0, 0.1) is 0 Å². The Bertz CT molecular complexity index is 1260. The Morgan fingerprint density at radius 3 is 2.43 bits per heavy atom. The minimum Gasteiger partial charge on any atom is -0.226 e. The highest BCUT2D eigenvalue weighted by molar-refractivity contribution is 7.26. The topological polar surface area (TPSA) is 25.8 Å². The third-order valence-corrected chi connectivity index (χ3v) is 5.81. The highest BCUT2D eigenvalue weighted by atomic mass is 32.1. The summed E-state index contributed by atoms with van der Waals surface area (Å²) in [5.74, 6) is 0.657. The maximum atomic E-state index is 4.92. The van der Waals surface area contributed by atoms with E-state index in [-0.39, 0.29) is 0 Å². The lowest BCUT2D eigenvalue weighted by molar-refractivity contribution is 1.18. The van der Waals surface area contributed by atoms with Crippen LogP contribution >= 0.6 is 11.3 Å². The summed E-state index contributed by atoms with van der Waals surface area (Å²) in [6.07, 6.45) is 5.39. The van der Waals surface area contributed by atoms with Crippen LogP contribution in [-0.2, 0) is 0 Å². The predicted octanol–water partition coefficient (Wildman–Crippen LogP) is 7.30. The van der Waals surface area contributed by atoms with E-state index in [0.717, 1.165) is 43.6 Å². The number of benzene rings is 2. The summed E-state index contributed by atoms with van der Waals surface area (Å²) in [5, 5.41) is 1.15. The van der Waals surface area contributed by atoms with Crippen LogP contribution in [0.1, 0.15) is 18.3 Å². The second-order valence-corrected chi connectivity index (χ2v) is 7.64. The van der Waals surface area contributed by atoms with E-state index in [4.69, 9.17) is 9.97 Å². The van der Waals surface area contributed by atoms with Gasteiger partial charge in [0, 0.05) is 21.2 Å². The standard InChI is InChI=1S/C25H20N2S/c1-5-9-17(6-2)25-26-22(19-14-12-18(13-15-19)16(3)4)24-23(27-25)20-10-7-8-11-21(20)28-24/h5-15H,1-3H2,4H3/b17-9+. The van der Waals surface area contributed by atoms with Crippen LogP contribution in [0.4, 0.5) is 0 Å². The van der Waals surface area contributed by atoms with Gasteiger partial charge in [-0.05, 0) is 18.6 Å². The summed E-state index contributed by atoms with van der Waals surface area (Å²) in [7, 11) is 0. The molecule has 0 saturated carbocycles. The van der Waals surface area contributed by atoms with Gasteiger partial charge < -0.3 is 0 Å². The molecule has 0 aliphatic carbocycles. The molecule has 136 valence electrons. The number of rotatable bonds is 5. The number of hydrogen-bond donors (Lipinski definition) is 0. The number of fused-ring (bicyclic) bond motifs is 3. The molecule has 2 aromatic carbocycles. The molecule has 0 bridgehead atoms. The zero-order chi connectivity index (χ0) is 19.7. The van der Waals surface area contributed by atoms with E-state index < -0.39 is 0 Å². The predicted molar refractivity (Wildman–Crippen MR) is 123 cm³/mol. The average molecular weight is 381 g/mol. The van der Waals surface area contributed by atoms with Gasteiger partial charge in [-0.25, -0.2) is 9.97 Å². The van der Waals surface area contributed by atoms with E-state index in [2.05, 4.69) is 62.2 Å². The average Bonchev–Trinajstić information content (AvgIpc) is 3.10. The van der Waals surface area contributed by atoms with Gasteiger partial charge in [0.25, 0.3) is 0 Å². The zero-order valence-electron chi connectivity index (χ0n) is 15.8. The minimum absolute atomic E-state index is 0.657. The zero-order valence-corrected chi connectivity index (χ0v) is 16.6. The molecule has 0 aliphatic heterocycles. The first-order valence-electron chi connectivity index (χ1n) is 9.03. The van der Waals surface area contributed by atoms with Crippen LogP contribution in [0.15, 0.2) is 86.5 Å². The Kier molecular flexibility index (Phi) is 4.76. The quantitative estimate of drug-likeness (QED) is 0.339. The molecule has 0 aliphatic rings.